The molecule has 4 heteroatoms. The Bertz CT molecular complexity index is 393. The summed E-state index contributed by atoms with van der Waals surface area (Å²) in [5.74, 6) is 0.553. The number of hydrogen-bond donors (Lipinski definition) is 1. The number of likely N-dealkylation sites (N-methyl/N-ethyl adjacent to an activating group) is 1. The smallest absolute Gasteiger partial charge is 0.0796 e. The summed E-state index contributed by atoms with van der Waals surface area (Å²) in [6.07, 6.45) is 1.32. The van der Waals surface area contributed by atoms with Crippen molar-refractivity contribution in [2.24, 2.45) is 5.92 Å². The molecule has 1 fully saturated rings. The van der Waals surface area contributed by atoms with Crippen LogP contribution >= 0.6 is 27.5 Å². The van der Waals surface area contributed by atoms with Gasteiger partial charge in [-0.2, -0.15) is 0 Å². The summed E-state index contributed by atoms with van der Waals surface area (Å²) in [7, 11) is 0. The van der Waals surface area contributed by atoms with Crippen LogP contribution in [0.5, 0.6) is 0 Å². The quantitative estimate of drug-likeness (QED) is 0.893. The topological polar surface area (TPSA) is 21.3 Å². The van der Waals surface area contributed by atoms with Crippen molar-refractivity contribution in [2.45, 2.75) is 32.4 Å². The number of ether oxygens (including phenoxy) is 1. The number of hydrogen-bond acceptors (Lipinski definition) is 2. The largest absolute Gasteiger partial charge is 0.376 e. The Morgan fingerprint density at radius 1 is 1.56 bits per heavy atom. The fraction of sp³-hybridized carbons (Fsp3) is 0.571. The highest BCUT2D eigenvalue weighted by Crippen LogP contribution is 2.38. The summed E-state index contributed by atoms with van der Waals surface area (Å²) in [4.78, 5) is 0. The van der Waals surface area contributed by atoms with Crippen molar-refractivity contribution in [1.29, 1.82) is 0 Å². The van der Waals surface area contributed by atoms with Crippen LogP contribution in [0.4, 0.5) is 0 Å². The highest BCUT2D eigenvalue weighted by Gasteiger charge is 2.34. The summed E-state index contributed by atoms with van der Waals surface area (Å²) in [5.41, 5.74) is 1.11. The molecule has 1 aliphatic rings. The van der Waals surface area contributed by atoms with Gasteiger partial charge < -0.3 is 10.1 Å². The van der Waals surface area contributed by atoms with Gasteiger partial charge >= 0.3 is 0 Å². The summed E-state index contributed by atoms with van der Waals surface area (Å²) in [5, 5.41) is 4.30. The lowest BCUT2D eigenvalue weighted by Crippen LogP contribution is -2.35. The van der Waals surface area contributed by atoms with Crippen LogP contribution in [0.25, 0.3) is 0 Å². The second-order valence-electron chi connectivity index (χ2n) is 4.77. The molecule has 2 rings (SSSR count). The fourth-order valence-electron chi connectivity index (χ4n) is 2.55. The summed E-state index contributed by atoms with van der Waals surface area (Å²) in [6.45, 7) is 6.09. The van der Waals surface area contributed by atoms with Crippen LogP contribution in [0.2, 0.25) is 5.02 Å². The van der Waals surface area contributed by atoms with Crippen LogP contribution in [0, 0.1) is 5.92 Å². The lowest BCUT2D eigenvalue weighted by molar-refractivity contribution is 0.0610. The van der Waals surface area contributed by atoms with Crippen LogP contribution in [-0.2, 0) is 4.74 Å². The van der Waals surface area contributed by atoms with E-state index in [0.717, 1.165) is 34.6 Å². The second-order valence-corrected chi connectivity index (χ2v) is 6.03. The fourth-order valence-corrected chi connectivity index (χ4v) is 3.57. The highest BCUT2D eigenvalue weighted by molar-refractivity contribution is 9.10. The van der Waals surface area contributed by atoms with E-state index in [1.165, 1.54) is 0 Å². The molecule has 3 atom stereocenters. The van der Waals surface area contributed by atoms with Crippen LogP contribution in [0.3, 0.4) is 0 Å². The number of nitrogens with one attached hydrogen (secondary N) is 1. The van der Waals surface area contributed by atoms with E-state index in [1.807, 2.05) is 18.2 Å². The summed E-state index contributed by atoms with van der Waals surface area (Å²) < 4.78 is 6.95. The first-order chi connectivity index (χ1) is 8.65. The molecule has 0 radical (unpaired) electrons. The van der Waals surface area contributed by atoms with E-state index in [0.29, 0.717) is 5.92 Å². The van der Waals surface area contributed by atoms with Gasteiger partial charge in [-0.15, -0.1) is 0 Å². The van der Waals surface area contributed by atoms with Gasteiger partial charge in [0, 0.05) is 21.7 Å². The van der Waals surface area contributed by atoms with E-state index >= 15 is 0 Å². The third kappa shape index (κ3) is 2.90. The highest BCUT2D eigenvalue weighted by atomic mass is 79.9. The normalized spacial score (nSPS) is 25.3. The van der Waals surface area contributed by atoms with Crippen molar-refractivity contribution >= 4 is 27.5 Å². The SMILES string of the molecule is CCNC(c1c(Cl)cccc1Br)C1OCCC1C. The van der Waals surface area contributed by atoms with Gasteiger partial charge in [-0.3, -0.25) is 0 Å². The van der Waals surface area contributed by atoms with Crippen molar-refractivity contribution in [3.05, 3.63) is 33.3 Å². The average Bonchev–Trinajstić information content (AvgIpc) is 2.74. The van der Waals surface area contributed by atoms with Gasteiger partial charge in [-0.05, 0) is 31.0 Å². The summed E-state index contributed by atoms with van der Waals surface area (Å²) >= 11 is 9.97. The molecule has 0 aliphatic carbocycles. The summed E-state index contributed by atoms with van der Waals surface area (Å²) in [6, 6.07) is 6.07. The zero-order valence-electron chi connectivity index (χ0n) is 10.7. The van der Waals surface area contributed by atoms with Crippen LogP contribution in [0.15, 0.2) is 22.7 Å². The van der Waals surface area contributed by atoms with Gasteiger partial charge in [0.2, 0.25) is 0 Å². The van der Waals surface area contributed by atoms with Gasteiger partial charge in [0.25, 0.3) is 0 Å². The van der Waals surface area contributed by atoms with E-state index < -0.39 is 0 Å². The average molecular weight is 333 g/mol. The molecule has 0 spiro atoms. The van der Waals surface area contributed by atoms with E-state index in [4.69, 9.17) is 16.3 Å². The zero-order chi connectivity index (χ0) is 13.1. The van der Waals surface area contributed by atoms with Crippen LogP contribution in [-0.4, -0.2) is 19.3 Å². The molecule has 1 heterocycles. The third-order valence-electron chi connectivity index (χ3n) is 3.51. The van der Waals surface area contributed by atoms with E-state index in [2.05, 4.69) is 35.1 Å². The van der Waals surface area contributed by atoms with Gasteiger partial charge in [0.05, 0.1) is 12.1 Å². The molecule has 1 aromatic rings. The van der Waals surface area contributed by atoms with Gasteiger partial charge in [0.15, 0.2) is 0 Å². The van der Waals surface area contributed by atoms with Crippen molar-refractivity contribution in [3.63, 3.8) is 0 Å². The molecule has 100 valence electrons. The molecule has 0 bridgehead atoms. The Kier molecular flexibility index (Phi) is 5.07. The van der Waals surface area contributed by atoms with Gasteiger partial charge in [-0.25, -0.2) is 0 Å². The first-order valence-electron chi connectivity index (χ1n) is 6.44. The number of rotatable bonds is 4. The molecule has 0 aromatic heterocycles. The van der Waals surface area contributed by atoms with E-state index in [-0.39, 0.29) is 12.1 Å². The van der Waals surface area contributed by atoms with Crippen molar-refractivity contribution in [2.75, 3.05) is 13.2 Å². The van der Waals surface area contributed by atoms with Crippen LogP contribution < -0.4 is 5.32 Å². The Balaban J connectivity index is 2.34. The standard InChI is InChI=1S/C14H19BrClNO/c1-3-17-13(14-9(2)7-8-18-14)12-10(15)5-4-6-11(12)16/h4-6,9,13-14,17H,3,7-8H2,1-2H3. The van der Waals surface area contributed by atoms with Crippen molar-refractivity contribution < 1.29 is 4.74 Å². The predicted molar refractivity (Wildman–Crippen MR) is 79.1 cm³/mol. The molecule has 1 aromatic carbocycles. The first kappa shape index (κ1) is 14.3. The molecule has 2 nitrogen and oxygen atoms in total. The van der Waals surface area contributed by atoms with Crippen molar-refractivity contribution in [3.8, 4) is 0 Å². The lowest BCUT2D eigenvalue weighted by atomic mass is 9.92. The minimum absolute atomic E-state index is 0.149. The Hall–Kier alpha value is -0.0900. The third-order valence-corrected chi connectivity index (χ3v) is 4.53. The minimum atomic E-state index is 0.149. The Labute approximate surface area is 122 Å². The number of halogens is 2. The molecule has 0 saturated carbocycles. The minimum Gasteiger partial charge on any atom is -0.376 e. The maximum Gasteiger partial charge on any atom is 0.0796 e. The molecule has 0 amide bonds. The molecular weight excluding hydrogens is 314 g/mol. The Morgan fingerprint density at radius 2 is 2.33 bits per heavy atom. The lowest BCUT2D eigenvalue weighted by Gasteiger charge is -2.28. The van der Waals surface area contributed by atoms with Gasteiger partial charge in [-0.1, -0.05) is 47.4 Å². The first-order valence-corrected chi connectivity index (χ1v) is 7.61. The maximum atomic E-state index is 6.36. The monoisotopic (exact) mass is 331 g/mol. The van der Waals surface area contributed by atoms with Crippen molar-refractivity contribution in [1.82, 2.24) is 5.32 Å². The number of benzene rings is 1. The molecule has 1 saturated heterocycles. The molecule has 3 unspecified atom stereocenters. The second kappa shape index (κ2) is 6.38. The maximum absolute atomic E-state index is 6.36. The predicted octanol–water partition coefficient (Wildman–Crippen LogP) is 4.18. The van der Waals surface area contributed by atoms with E-state index in [9.17, 15) is 0 Å². The molecular formula is C14H19BrClNO. The molecule has 1 aliphatic heterocycles. The zero-order valence-corrected chi connectivity index (χ0v) is 13.1. The Morgan fingerprint density at radius 3 is 2.89 bits per heavy atom. The van der Waals surface area contributed by atoms with Crippen LogP contribution in [0.1, 0.15) is 31.9 Å². The molecule has 1 N–H and O–H groups in total. The van der Waals surface area contributed by atoms with Gasteiger partial charge in [0.1, 0.15) is 0 Å². The van der Waals surface area contributed by atoms with E-state index in [1.54, 1.807) is 0 Å². The molecule has 18 heavy (non-hydrogen) atoms.